The number of hydrogen-bond donors (Lipinski definition) is 1. The van der Waals surface area contributed by atoms with Crippen LogP contribution in [0.1, 0.15) is 51.4 Å². The minimum Gasteiger partial charge on any atom is -0.494 e. The first-order valence-corrected chi connectivity index (χ1v) is 12.4. The largest absolute Gasteiger partial charge is 0.494 e. The van der Waals surface area contributed by atoms with Crippen molar-refractivity contribution in [2.24, 2.45) is 23.2 Å². The molecule has 4 fully saturated rings. The van der Waals surface area contributed by atoms with Gasteiger partial charge < -0.3 is 10.1 Å². The normalized spacial score (nSPS) is 31.0. The maximum atomic E-state index is 12.3. The van der Waals surface area contributed by atoms with Crippen LogP contribution in [0.15, 0.2) is 29.2 Å². The van der Waals surface area contributed by atoms with Crippen LogP contribution in [0.25, 0.3) is 0 Å². The highest BCUT2D eigenvalue weighted by molar-refractivity contribution is 7.90. The van der Waals surface area contributed by atoms with Crippen LogP contribution >= 0.6 is 0 Å². The van der Waals surface area contributed by atoms with Gasteiger partial charge in [0.2, 0.25) is 5.91 Å². The molecule has 1 amide bonds. The van der Waals surface area contributed by atoms with Crippen molar-refractivity contribution in [2.75, 3.05) is 19.4 Å². The number of sulfone groups is 1. The van der Waals surface area contributed by atoms with Crippen LogP contribution in [0, 0.1) is 23.2 Å². The zero-order valence-corrected chi connectivity index (χ0v) is 17.5. The van der Waals surface area contributed by atoms with Crippen LogP contribution in [-0.4, -0.2) is 33.7 Å². The Morgan fingerprint density at radius 3 is 2.18 bits per heavy atom. The lowest BCUT2D eigenvalue weighted by molar-refractivity contribution is -0.123. The molecule has 4 bridgehead atoms. The maximum Gasteiger partial charge on any atom is 0.220 e. The van der Waals surface area contributed by atoms with E-state index in [4.69, 9.17) is 4.74 Å². The Hall–Kier alpha value is -1.56. The molecule has 0 unspecified atom stereocenters. The van der Waals surface area contributed by atoms with E-state index >= 15 is 0 Å². The van der Waals surface area contributed by atoms with E-state index in [1.165, 1.54) is 44.8 Å². The molecule has 0 aliphatic heterocycles. The Kier molecular flexibility index (Phi) is 5.43. The number of carbonyl (C=O) groups excluding carboxylic acids is 1. The molecule has 0 saturated heterocycles. The van der Waals surface area contributed by atoms with Crippen molar-refractivity contribution in [3.05, 3.63) is 24.3 Å². The number of rotatable bonds is 8. The van der Waals surface area contributed by atoms with Gasteiger partial charge in [0, 0.05) is 19.2 Å². The van der Waals surface area contributed by atoms with E-state index in [0.29, 0.717) is 30.6 Å². The van der Waals surface area contributed by atoms with Crippen LogP contribution in [0.3, 0.4) is 0 Å². The van der Waals surface area contributed by atoms with Crippen molar-refractivity contribution < 1.29 is 17.9 Å². The van der Waals surface area contributed by atoms with Crippen LogP contribution < -0.4 is 10.1 Å². The van der Waals surface area contributed by atoms with Gasteiger partial charge in [-0.05, 0) is 92.4 Å². The average molecular weight is 406 g/mol. The molecule has 1 aromatic rings. The van der Waals surface area contributed by atoms with Gasteiger partial charge in [0.1, 0.15) is 5.75 Å². The lowest BCUT2D eigenvalue weighted by Crippen LogP contribution is -2.51. The van der Waals surface area contributed by atoms with Crippen LogP contribution in [0.5, 0.6) is 5.75 Å². The molecule has 28 heavy (non-hydrogen) atoms. The van der Waals surface area contributed by atoms with Gasteiger partial charge in [-0.1, -0.05) is 0 Å². The third-order valence-electron chi connectivity index (χ3n) is 6.89. The Bertz CT molecular complexity index is 780. The van der Waals surface area contributed by atoms with Crippen LogP contribution in [0.4, 0.5) is 0 Å². The van der Waals surface area contributed by atoms with Crippen LogP contribution in [-0.2, 0) is 14.6 Å². The van der Waals surface area contributed by atoms with Crippen molar-refractivity contribution in [3.63, 3.8) is 0 Å². The van der Waals surface area contributed by atoms with Gasteiger partial charge in [-0.2, -0.15) is 0 Å². The highest BCUT2D eigenvalue weighted by Gasteiger charge is 2.50. The second-order valence-electron chi connectivity index (χ2n) is 9.39. The maximum absolute atomic E-state index is 12.3. The van der Waals surface area contributed by atoms with E-state index in [-0.39, 0.29) is 10.8 Å². The Morgan fingerprint density at radius 1 is 1.07 bits per heavy atom. The molecule has 1 aromatic carbocycles. The predicted octanol–water partition coefficient (Wildman–Crippen LogP) is 3.58. The van der Waals surface area contributed by atoms with Crippen molar-refractivity contribution in [1.29, 1.82) is 0 Å². The van der Waals surface area contributed by atoms with Crippen LogP contribution in [0.2, 0.25) is 0 Å². The summed E-state index contributed by atoms with van der Waals surface area (Å²) < 4.78 is 28.5. The lowest BCUT2D eigenvalue weighted by atomic mass is 9.49. The van der Waals surface area contributed by atoms with Crippen molar-refractivity contribution in [2.45, 2.75) is 56.3 Å². The number of amides is 1. The summed E-state index contributed by atoms with van der Waals surface area (Å²) in [6.45, 7) is 1.30. The van der Waals surface area contributed by atoms with E-state index in [9.17, 15) is 13.2 Å². The van der Waals surface area contributed by atoms with Crippen molar-refractivity contribution >= 4 is 15.7 Å². The lowest BCUT2D eigenvalue weighted by Gasteiger charge is -2.56. The molecular formula is C22H31NO4S. The summed E-state index contributed by atoms with van der Waals surface area (Å²) in [6.07, 6.45) is 10.5. The average Bonchev–Trinajstić information content (AvgIpc) is 2.62. The summed E-state index contributed by atoms with van der Waals surface area (Å²) in [5.41, 5.74) is 0.377. The molecule has 5 nitrogen and oxygen atoms in total. The summed E-state index contributed by atoms with van der Waals surface area (Å²) >= 11 is 0. The van der Waals surface area contributed by atoms with Gasteiger partial charge in [-0.25, -0.2) is 8.42 Å². The Morgan fingerprint density at radius 2 is 1.64 bits per heavy atom. The second-order valence-corrected chi connectivity index (χ2v) is 11.4. The standard InChI is InChI=1S/C22H31NO4S/c1-28(25,26)20-6-4-19(5-7-20)27-8-2-3-21(24)23-15-22-12-16-9-17(13-22)11-18(10-16)14-22/h4-7,16-18H,2-3,8-15H2,1H3,(H,23,24). The summed E-state index contributed by atoms with van der Waals surface area (Å²) in [6, 6.07) is 6.40. The second kappa shape index (κ2) is 7.69. The van der Waals surface area contributed by atoms with E-state index < -0.39 is 9.84 Å². The smallest absolute Gasteiger partial charge is 0.220 e. The van der Waals surface area contributed by atoms with Gasteiger partial charge in [-0.15, -0.1) is 0 Å². The van der Waals surface area contributed by atoms with Crippen molar-refractivity contribution in [1.82, 2.24) is 5.32 Å². The SMILES string of the molecule is CS(=O)(=O)c1ccc(OCCCC(=O)NCC23CC4CC(CC(C4)C2)C3)cc1. The monoisotopic (exact) mass is 405 g/mol. The summed E-state index contributed by atoms with van der Waals surface area (Å²) in [5, 5.41) is 3.20. The molecule has 6 heteroatoms. The first kappa shape index (κ1) is 19.7. The third-order valence-corrected chi connectivity index (χ3v) is 8.02. The minimum absolute atomic E-state index is 0.117. The zero-order chi connectivity index (χ0) is 19.8. The number of nitrogens with one attached hydrogen (secondary N) is 1. The molecule has 0 radical (unpaired) electrons. The van der Waals surface area contributed by atoms with Gasteiger partial charge in [0.25, 0.3) is 0 Å². The van der Waals surface area contributed by atoms with E-state index in [1.807, 2.05) is 0 Å². The number of benzene rings is 1. The molecule has 4 aliphatic carbocycles. The minimum atomic E-state index is -3.19. The fourth-order valence-electron chi connectivity index (χ4n) is 6.09. The topological polar surface area (TPSA) is 72.5 Å². The van der Waals surface area contributed by atoms with Gasteiger partial charge in [0.15, 0.2) is 9.84 Å². The summed E-state index contributed by atoms with van der Waals surface area (Å²) in [4.78, 5) is 12.6. The molecule has 0 heterocycles. The predicted molar refractivity (Wildman–Crippen MR) is 108 cm³/mol. The Labute approximate surface area is 168 Å². The highest BCUT2D eigenvalue weighted by atomic mass is 32.2. The molecule has 154 valence electrons. The number of hydrogen-bond acceptors (Lipinski definition) is 4. The van der Waals surface area contributed by atoms with Gasteiger partial charge >= 0.3 is 0 Å². The zero-order valence-electron chi connectivity index (χ0n) is 16.7. The number of carbonyl (C=O) groups is 1. The first-order chi connectivity index (χ1) is 13.3. The van der Waals surface area contributed by atoms with E-state index in [0.717, 1.165) is 24.3 Å². The molecule has 1 N–H and O–H groups in total. The third kappa shape index (κ3) is 4.53. The van der Waals surface area contributed by atoms with Gasteiger partial charge in [-0.3, -0.25) is 4.79 Å². The number of ether oxygens (including phenoxy) is 1. The van der Waals surface area contributed by atoms with E-state index in [1.54, 1.807) is 24.3 Å². The fourth-order valence-corrected chi connectivity index (χ4v) is 6.72. The molecule has 0 spiro atoms. The molecule has 0 atom stereocenters. The fraction of sp³-hybridized carbons (Fsp3) is 0.682. The van der Waals surface area contributed by atoms with Gasteiger partial charge in [0.05, 0.1) is 11.5 Å². The summed E-state index contributed by atoms with van der Waals surface area (Å²) in [7, 11) is -3.19. The van der Waals surface area contributed by atoms with Crippen molar-refractivity contribution in [3.8, 4) is 5.75 Å². The summed E-state index contributed by atoms with van der Waals surface area (Å²) in [5.74, 6) is 3.47. The molecule has 4 aliphatic rings. The molecular weight excluding hydrogens is 374 g/mol. The van der Waals surface area contributed by atoms with E-state index in [2.05, 4.69) is 5.32 Å². The molecule has 0 aromatic heterocycles. The first-order valence-electron chi connectivity index (χ1n) is 10.5. The highest BCUT2D eigenvalue weighted by Crippen LogP contribution is 2.59. The quantitative estimate of drug-likeness (QED) is 0.671. The Balaban J connectivity index is 1.16. The molecule has 4 saturated carbocycles. The molecule has 5 rings (SSSR count).